The average Bonchev–Trinajstić information content (AvgIpc) is 2.04. The first kappa shape index (κ1) is 11.2. The predicted molar refractivity (Wildman–Crippen MR) is 63.7 cm³/mol. The third-order valence-corrected chi connectivity index (χ3v) is 3.14. The van der Waals surface area contributed by atoms with Crippen molar-refractivity contribution in [2.24, 2.45) is 5.73 Å². The molecular formula is C10H13Br2N. The molecule has 0 aliphatic rings. The molecule has 0 unspecified atom stereocenters. The molecule has 0 aromatic heterocycles. The van der Waals surface area contributed by atoms with E-state index >= 15 is 0 Å². The number of nitrogens with two attached hydrogens (primary N) is 1. The molecule has 13 heavy (non-hydrogen) atoms. The minimum atomic E-state index is 0.146. The van der Waals surface area contributed by atoms with Crippen LogP contribution in [0.4, 0.5) is 0 Å². The fraction of sp³-hybridized carbons (Fsp3) is 0.400. The van der Waals surface area contributed by atoms with Gasteiger partial charge >= 0.3 is 0 Å². The first-order chi connectivity index (χ1) is 6.15. The van der Waals surface area contributed by atoms with Gasteiger partial charge in [-0.2, -0.15) is 0 Å². The normalized spacial score (nSPS) is 12.9. The smallest absolute Gasteiger partial charge is 0.0306 e. The van der Waals surface area contributed by atoms with E-state index in [1.54, 1.807) is 0 Å². The van der Waals surface area contributed by atoms with Gasteiger partial charge in [0.25, 0.3) is 0 Å². The first-order valence-electron chi connectivity index (χ1n) is 4.35. The van der Waals surface area contributed by atoms with E-state index in [-0.39, 0.29) is 6.04 Å². The Morgan fingerprint density at radius 2 is 2.08 bits per heavy atom. The summed E-state index contributed by atoms with van der Waals surface area (Å²) in [5.74, 6) is 0. The van der Waals surface area contributed by atoms with Crippen molar-refractivity contribution in [3.8, 4) is 0 Å². The van der Waals surface area contributed by atoms with Gasteiger partial charge in [-0.05, 0) is 24.1 Å². The van der Waals surface area contributed by atoms with Crippen LogP contribution in [0, 0.1) is 0 Å². The molecule has 0 saturated heterocycles. The number of rotatable bonds is 3. The van der Waals surface area contributed by atoms with Crippen molar-refractivity contribution in [2.75, 3.05) is 0 Å². The van der Waals surface area contributed by atoms with E-state index in [2.05, 4.69) is 44.8 Å². The summed E-state index contributed by atoms with van der Waals surface area (Å²) in [6.07, 6.45) is 2.14. The number of benzene rings is 1. The zero-order valence-electron chi connectivity index (χ0n) is 7.56. The van der Waals surface area contributed by atoms with Crippen LogP contribution in [-0.4, -0.2) is 0 Å². The Morgan fingerprint density at radius 1 is 1.38 bits per heavy atom. The van der Waals surface area contributed by atoms with E-state index in [9.17, 15) is 0 Å². The van der Waals surface area contributed by atoms with Crippen molar-refractivity contribution < 1.29 is 0 Å². The van der Waals surface area contributed by atoms with Crippen molar-refractivity contribution in [2.45, 2.75) is 25.8 Å². The first-order valence-corrected chi connectivity index (χ1v) is 5.94. The average molecular weight is 307 g/mol. The third-order valence-electron chi connectivity index (χ3n) is 1.96. The summed E-state index contributed by atoms with van der Waals surface area (Å²) in [4.78, 5) is 0. The largest absolute Gasteiger partial charge is 0.324 e. The van der Waals surface area contributed by atoms with Crippen molar-refractivity contribution in [1.82, 2.24) is 0 Å². The summed E-state index contributed by atoms with van der Waals surface area (Å²) in [6.45, 7) is 2.15. The second-order valence-electron chi connectivity index (χ2n) is 3.06. The van der Waals surface area contributed by atoms with Gasteiger partial charge in [-0.25, -0.2) is 0 Å². The van der Waals surface area contributed by atoms with Crippen molar-refractivity contribution in [3.63, 3.8) is 0 Å². The molecule has 1 aromatic carbocycles. The van der Waals surface area contributed by atoms with E-state index < -0.39 is 0 Å². The van der Waals surface area contributed by atoms with Gasteiger partial charge in [-0.15, -0.1) is 0 Å². The van der Waals surface area contributed by atoms with Gasteiger partial charge in [0.15, 0.2) is 0 Å². The van der Waals surface area contributed by atoms with Crippen molar-refractivity contribution >= 4 is 31.9 Å². The molecule has 0 bridgehead atoms. The van der Waals surface area contributed by atoms with Gasteiger partial charge in [0.05, 0.1) is 0 Å². The minimum absolute atomic E-state index is 0.146. The molecule has 0 aliphatic carbocycles. The molecule has 0 spiro atoms. The lowest BCUT2D eigenvalue weighted by Crippen LogP contribution is -2.10. The molecular weight excluding hydrogens is 294 g/mol. The zero-order chi connectivity index (χ0) is 9.84. The molecule has 72 valence electrons. The molecule has 0 heterocycles. The van der Waals surface area contributed by atoms with Crippen molar-refractivity contribution in [1.29, 1.82) is 0 Å². The van der Waals surface area contributed by atoms with E-state index in [1.165, 1.54) is 5.56 Å². The summed E-state index contributed by atoms with van der Waals surface area (Å²) in [5.41, 5.74) is 7.20. The number of halogens is 2. The molecule has 2 N–H and O–H groups in total. The van der Waals surface area contributed by atoms with Crippen LogP contribution < -0.4 is 5.73 Å². The van der Waals surface area contributed by atoms with E-state index in [0.29, 0.717) is 0 Å². The Morgan fingerprint density at radius 3 is 2.62 bits per heavy atom. The van der Waals surface area contributed by atoms with E-state index in [0.717, 1.165) is 21.8 Å². The lowest BCUT2D eigenvalue weighted by Gasteiger charge is -2.12. The molecule has 3 heteroatoms. The highest BCUT2D eigenvalue weighted by molar-refractivity contribution is 9.11. The quantitative estimate of drug-likeness (QED) is 0.897. The summed E-state index contributed by atoms with van der Waals surface area (Å²) in [5, 5.41) is 0. The maximum Gasteiger partial charge on any atom is 0.0306 e. The van der Waals surface area contributed by atoms with E-state index in [4.69, 9.17) is 5.73 Å². The van der Waals surface area contributed by atoms with Gasteiger partial charge in [0, 0.05) is 15.0 Å². The van der Waals surface area contributed by atoms with Gasteiger partial charge in [-0.3, -0.25) is 0 Å². The van der Waals surface area contributed by atoms with Crippen LogP contribution in [0.15, 0.2) is 27.1 Å². The summed E-state index contributed by atoms with van der Waals surface area (Å²) in [7, 11) is 0. The summed E-state index contributed by atoms with van der Waals surface area (Å²) < 4.78 is 2.16. The Labute approximate surface area is 96.0 Å². The molecule has 0 amide bonds. The second-order valence-corrected chi connectivity index (χ2v) is 4.83. The van der Waals surface area contributed by atoms with Gasteiger partial charge in [0.2, 0.25) is 0 Å². The zero-order valence-corrected chi connectivity index (χ0v) is 10.7. The number of hydrogen-bond donors (Lipinski definition) is 1. The van der Waals surface area contributed by atoms with Crippen LogP contribution in [0.25, 0.3) is 0 Å². The standard InChI is InChI=1S/C10H13Br2N/c1-2-3-10(13)8-5-4-7(11)6-9(8)12/h4-6,10H,2-3,13H2,1H3/t10-/m0/s1. The van der Waals surface area contributed by atoms with Crippen LogP contribution >= 0.6 is 31.9 Å². The predicted octanol–water partition coefficient (Wildman–Crippen LogP) is 4.01. The highest BCUT2D eigenvalue weighted by Gasteiger charge is 2.08. The van der Waals surface area contributed by atoms with Crippen LogP contribution in [0.5, 0.6) is 0 Å². The van der Waals surface area contributed by atoms with Gasteiger partial charge in [0.1, 0.15) is 0 Å². The molecule has 0 saturated carbocycles. The monoisotopic (exact) mass is 305 g/mol. The molecule has 0 aliphatic heterocycles. The van der Waals surface area contributed by atoms with Gasteiger partial charge < -0.3 is 5.73 Å². The number of hydrogen-bond acceptors (Lipinski definition) is 1. The van der Waals surface area contributed by atoms with Crippen molar-refractivity contribution in [3.05, 3.63) is 32.7 Å². The topological polar surface area (TPSA) is 26.0 Å². The third kappa shape index (κ3) is 3.08. The highest BCUT2D eigenvalue weighted by atomic mass is 79.9. The molecule has 0 radical (unpaired) electrons. The summed E-state index contributed by atoms with van der Waals surface area (Å²) >= 11 is 6.92. The Balaban J connectivity index is 2.88. The maximum atomic E-state index is 6.01. The molecule has 1 nitrogen and oxygen atoms in total. The van der Waals surface area contributed by atoms with Crippen LogP contribution in [0.2, 0.25) is 0 Å². The highest BCUT2D eigenvalue weighted by Crippen LogP contribution is 2.27. The fourth-order valence-corrected chi connectivity index (χ4v) is 2.61. The Hall–Kier alpha value is 0.140. The Kier molecular flexibility index (Phi) is 4.42. The molecule has 0 fully saturated rings. The van der Waals surface area contributed by atoms with E-state index in [1.807, 2.05) is 12.1 Å². The van der Waals surface area contributed by atoms with Crippen LogP contribution in [-0.2, 0) is 0 Å². The van der Waals surface area contributed by atoms with Crippen LogP contribution in [0.3, 0.4) is 0 Å². The Bertz CT molecular complexity index is 286. The SMILES string of the molecule is CCC[C@H](N)c1ccc(Br)cc1Br. The maximum absolute atomic E-state index is 6.01. The summed E-state index contributed by atoms with van der Waals surface area (Å²) in [6, 6.07) is 6.27. The molecule has 1 aromatic rings. The fourth-order valence-electron chi connectivity index (χ4n) is 1.27. The van der Waals surface area contributed by atoms with Crippen LogP contribution in [0.1, 0.15) is 31.4 Å². The second kappa shape index (κ2) is 5.13. The lowest BCUT2D eigenvalue weighted by molar-refractivity contribution is 0.636. The minimum Gasteiger partial charge on any atom is -0.324 e. The molecule has 1 rings (SSSR count). The lowest BCUT2D eigenvalue weighted by atomic mass is 10.0. The molecule has 1 atom stereocenters. The van der Waals surface area contributed by atoms with Gasteiger partial charge in [-0.1, -0.05) is 51.3 Å².